The van der Waals surface area contributed by atoms with E-state index < -0.39 is 0 Å². The Labute approximate surface area is 161 Å². The Morgan fingerprint density at radius 2 is 1.81 bits per heavy atom. The lowest BCUT2D eigenvalue weighted by molar-refractivity contribution is 0.102. The van der Waals surface area contributed by atoms with E-state index >= 15 is 0 Å². The Balaban J connectivity index is 1.57. The van der Waals surface area contributed by atoms with Crippen molar-refractivity contribution in [2.24, 2.45) is 5.92 Å². The van der Waals surface area contributed by atoms with E-state index in [0.717, 1.165) is 31.1 Å². The summed E-state index contributed by atoms with van der Waals surface area (Å²) >= 11 is 0. The van der Waals surface area contributed by atoms with Gasteiger partial charge >= 0.3 is 0 Å². The van der Waals surface area contributed by atoms with Crippen molar-refractivity contribution >= 4 is 23.2 Å². The topological polar surface area (TPSA) is 70.2 Å². The highest BCUT2D eigenvalue weighted by Crippen LogP contribution is 2.24. The van der Waals surface area contributed by atoms with Crippen LogP contribution in [0.1, 0.15) is 50.4 Å². The summed E-state index contributed by atoms with van der Waals surface area (Å²) in [5.41, 5.74) is 2.43. The van der Waals surface area contributed by atoms with Crippen molar-refractivity contribution in [1.29, 1.82) is 0 Å². The van der Waals surface area contributed by atoms with Gasteiger partial charge in [-0.15, -0.1) is 0 Å². The average Bonchev–Trinajstić information content (AvgIpc) is 2.69. The molecule has 0 aliphatic carbocycles. The van der Waals surface area contributed by atoms with E-state index in [0.29, 0.717) is 17.6 Å². The van der Waals surface area contributed by atoms with E-state index in [-0.39, 0.29) is 5.91 Å². The lowest BCUT2D eigenvalue weighted by Gasteiger charge is -2.32. The van der Waals surface area contributed by atoms with Crippen molar-refractivity contribution in [1.82, 2.24) is 9.97 Å². The highest BCUT2D eigenvalue weighted by molar-refractivity contribution is 6.03. The maximum absolute atomic E-state index is 12.4. The van der Waals surface area contributed by atoms with Gasteiger partial charge in [-0.3, -0.25) is 4.79 Å². The molecule has 1 aromatic carbocycles. The molecule has 0 spiro atoms. The van der Waals surface area contributed by atoms with Crippen LogP contribution in [0.4, 0.5) is 17.3 Å². The van der Waals surface area contributed by atoms with Gasteiger partial charge in [-0.05, 0) is 56.4 Å². The van der Waals surface area contributed by atoms with Gasteiger partial charge in [-0.25, -0.2) is 9.97 Å². The summed E-state index contributed by atoms with van der Waals surface area (Å²) in [5.74, 6) is 1.15. The minimum Gasteiger partial charge on any atom is -0.372 e. The van der Waals surface area contributed by atoms with Gasteiger partial charge in [0.05, 0.1) is 5.56 Å². The molecule has 3 rings (SSSR count). The van der Waals surface area contributed by atoms with E-state index in [4.69, 9.17) is 0 Å². The molecule has 2 N–H and O–H groups in total. The molecule has 0 radical (unpaired) electrons. The lowest BCUT2D eigenvalue weighted by Crippen LogP contribution is -2.32. The van der Waals surface area contributed by atoms with E-state index in [2.05, 4.69) is 58.4 Å². The lowest BCUT2D eigenvalue weighted by atomic mass is 9.99. The van der Waals surface area contributed by atoms with Crippen LogP contribution >= 0.6 is 0 Å². The van der Waals surface area contributed by atoms with Gasteiger partial charge < -0.3 is 15.5 Å². The van der Waals surface area contributed by atoms with Crippen LogP contribution in [-0.4, -0.2) is 35.0 Å². The number of carbonyl (C=O) groups is 1. The number of amides is 1. The van der Waals surface area contributed by atoms with E-state index in [9.17, 15) is 4.79 Å². The molecule has 1 saturated heterocycles. The molecule has 144 valence electrons. The van der Waals surface area contributed by atoms with Gasteiger partial charge in [0.15, 0.2) is 0 Å². The first-order valence-corrected chi connectivity index (χ1v) is 9.80. The monoisotopic (exact) mass is 367 g/mol. The fraction of sp³-hybridized carbons (Fsp3) is 0.476. The molecule has 6 nitrogen and oxygen atoms in total. The molecule has 0 bridgehead atoms. The normalized spacial score (nSPS) is 16.0. The molecule has 6 heteroatoms. The van der Waals surface area contributed by atoms with Crippen molar-refractivity contribution in [2.45, 2.75) is 46.1 Å². The number of piperidine rings is 1. The maximum Gasteiger partial charge on any atom is 0.258 e. The van der Waals surface area contributed by atoms with E-state index in [1.54, 1.807) is 12.4 Å². The zero-order valence-electron chi connectivity index (χ0n) is 16.4. The molecule has 0 saturated carbocycles. The fourth-order valence-electron chi connectivity index (χ4n) is 3.07. The maximum atomic E-state index is 12.4. The molecule has 1 aliphatic heterocycles. The molecule has 2 aromatic rings. The van der Waals surface area contributed by atoms with Gasteiger partial charge in [0.25, 0.3) is 5.91 Å². The number of benzene rings is 1. The Bertz CT molecular complexity index is 736. The SMILES string of the molecule is CCC(C)Nc1ncc(C(=O)Nc2ccc(N3CCC(C)CC3)cc2)cn1. The third-order valence-electron chi connectivity index (χ3n) is 5.18. The second kappa shape index (κ2) is 8.84. The molecule has 1 aromatic heterocycles. The third-order valence-corrected chi connectivity index (χ3v) is 5.18. The van der Waals surface area contributed by atoms with Crippen LogP contribution in [0.3, 0.4) is 0 Å². The van der Waals surface area contributed by atoms with Crippen LogP contribution in [0.25, 0.3) is 0 Å². The van der Waals surface area contributed by atoms with Crippen LogP contribution in [0.15, 0.2) is 36.7 Å². The molecular formula is C21H29N5O. The molecule has 1 atom stereocenters. The number of carbonyl (C=O) groups excluding carboxylic acids is 1. The van der Waals surface area contributed by atoms with Crippen LogP contribution in [0, 0.1) is 5.92 Å². The largest absolute Gasteiger partial charge is 0.372 e. The number of aromatic nitrogens is 2. The molecule has 1 fully saturated rings. The van der Waals surface area contributed by atoms with Gasteiger partial charge in [-0.1, -0.05) is 13.8 Å². The number of nitrogens with zero attached hydrogens (tertiary/aromatic N) is 3. The first-order valence-electron chi connectivity index (χ1n) is 9.80. The fourth-order valence-corrected chi connectivity index (χ4v) is 3.07. The highest BCUT2D eigenvalue weighted by atomic mass is 16.1. The molecule has 2 heterocycles. The van der Waals surface area contributed by atoms with Crippen LogP contribution < -0.4 is 15.5 Å². The number of hydrogen-bond acceptors (Lipinski definition) is 5. The molecule has 27 heavy (non-hydrogen) atoms. The first kappa shape index (κ1) is 19.1. The summed E-state index contributed by atoms with van der Waals surface area (Å²) in [6.45, 7) is 8.67. The second-order valence-corrected chi connectivity index (χ2v) is 7.42. The molecule has 1 amide bonds. The minimum atomic E-state index is -0.204. The Morgan fingerprint density at radius 1 is 1.19 bits per heavy atom. The number of rotatable bonds is 6. The summed E-state index contributed by atoms with van der Waals surface area (Å²) in [6.07, 6.45) is 6.56. The standard InChI is InChI=1S/C21H29N5O/c1-4-16(3)24-21-22-13-17(14-23-21)20(27)25-18-5-7-19(8-6-18)26-11-9-15(2)10-12-26/h5-8,13-16H,4,9-12H2,1-3H3,(H,25,27)(H,22,23,24). The quantitative estimate of drug-likeness (QED) is 0.802. The van der Waals surface area contributed by atoms with Gasteiger partial charge in [0.1, 0.15) is 0 Å². The predicted molar refractivity (Wildman–Crippen MR) is 110 cm³/mol. The summed E-state index contributed by atoms with van der Waals surface area (Å²) in [4.78, 5) is 23.3. The summed E-state index contributed by atoms with van der Waals surface area (Å²) < 4.78 is 0. The van der Waals surface area contributed by atoms with E-state index in [1.165, 1.54) is 18.5 Å². The van der Waals surface area contributed by atoms with Crippen LogP contribution in [0.5, 0.6) is 0 Å². The smallest absolute Gasteiger partial charge is 0.258 e. The van der Waals surface area contributed by atoms with Crippen molar-refractivity contribution in [3.63, 3.8) is 0 Å². The van der Waals surface area contributed by atoms with Gasteiger partial charge in [-0.2, -0.15) is 0 Å². The van der Waals surface area contributed by atoms with Crippen LogP contribution in [0.2, 0.25) is 0 Å². The Morgan fingerprint density at radius 3 is 2.41 bits per heavy atom. The van der Waals surface area contributed by atoms with Crippen molar-refractivity contribution in [3.8, 4) is 0 Å². The second-order valence-electron chi connectivity index (χ2n) is 7.42. The predicted octanol–water partition coefficient (Wildman–Crippen LogP) is 4.18. The number of anilines is 3. The molecule has 1 aliphatic rings. The Kier molecular flexibility index (Phi) is 6.27. The average molecular weight is 367 g/mol. The van der Waals surface area contributed by atoms with Gasteiger partial charge in [0, 0.05) is 42.9 Å². The number of hydrogen-bond donors (Lipinski definition) is 2. The first-order chi connectivity index (χ1) is 13.0. The van der Waals surface area contributed by atoms with Crippen molar-refractivity contribution in [3.05, 3.63) is 42.2 Å². The zero-order valence-corrected chi connectivity index (χ0v) is 16.4. The summed E-state index contributed by atoms with van der Waals surface area (Å²) in [5, 5.41) is 6.10. The highest BCUT2D eigenvalue weighted by Gasteiger charge is 2.16. The van der Waals surface area contributed by atoms with Crippen molar-refractivity contribution in [2.75, 3.05) is 28.6 Å². The molecule has 1 unspecified atom stereocenters. The van der Waals surface area contributed by atoms with Crippen molar-refractivity contribution < 1.29 is 4.79 Å². The number of nitrogens with one attached hydrogen (secondary N) is 2. The van der Waals surface area contributed by atoms with E-state index in [1.807, 2.05) is 12.1 Å². The zero-order chi connectivity index (χ0) is 19.2. The minimum absolute atomic E-state index is 0.204. The molecular weight excluding hydrogens is 338 g/mol. The van der Waals surface area contributed by atoms with Gasteiger partial charge in [0.2, 0.25) is 5.95 Å². The summed E-state index contributed by atoms with van der Waals surface area (Å²) in [7, 11) is 0. The third kappa shape index (κ3) is 5.18. The summed E-state index contributed by atoms with van der Waals surface area (Å²) in [6, 6.07) is 8.34. The Hall–Kier alpha value is -2.63. The van der Waals surface area contributed by atoms with Crippen LogP contribution in [-0.2, 0) is 0 Å².